The molecular formula is C29H30N4O4. The van der Waals surface area contributed by atoms with Crippen LogP contribution < -0.4 is 15.5 Å². The van der Waals surface area contributed by atoms with Gasteiger partial charge in [-0.15, -0.1) is 0 Å². The molecular weight excluding hydrogens is 468 g/mol. The van der Waals surface area contributed by atoms with Crippen LogP contribution in [0.2, 0.25) is 0 Å². The Labute approximate surface area is 216 Å². The van der Waals surface area contributed by atoms with Crippen molar-refractivity contribution >= 4 is 23.6 Å². The number of hydrogen-bond acceptors (Lipinski definition) is 5. The molecule has 8 heteroatoms. The molecule has 1 aliphatic heterocycles. The molecule has 1 fully saturated rings. The topological polar surface area (TPSA) is 101 Å². The fraction of sp³-hybridized carbons (Fsp3) is 0.310. The van der Waals surface area contributed by atoms with Gasteiger partial charge in [0.1, 0.15) is 12.3 Å². The van der Waals surface area contributed by atoms with Crippen LogP contribution in [0.15, 0.2) is 60.7 Å². The number of carbonyl (C=O) groups is 3. The summed E-state index contributed by atoms with van der Waals surface area (Å²) in [7, 11) is 1.54. The van der Waals surface area contributed by atoms with Crippen LogP contribution in [0.25, 0.3) is 0 Å². The molecule has 0 saturated heterocycles. The molecule has 1 aliphatic carbocycles. The van der Waals surface area contributed by atoms with Crippen molar-refractivity contribution in [2.75, 3.05) is 18.5 Å². The van der Waals surface area contributed by atoms with Crippen LogP contribution in [-0.4, -0.2) is 42.5 Å². The van der Waals surface area contributed by atoms with Gasteiger partial charge in [0.05, 0.1) is 5.69 Å². The molecule has 2 aliphatic rings. The number of aromatic nitrogens is 1. The Morgan fingerprint density at radius 1 is 1.05 bits per heavy atom. The summed E-state index contributed by atoms with van der Waals surface area (Å²) in [5, 5.41) is 5.61. The molecule has 0 radical (unpaired) electrons. The highest BCUT2D eigenvalue weighted by molar-refractivity contribution is 5.99. The number of hydrogen-bond donors (Lipinski definition) is 2. The van der Waals surface area contributed by atoms with Crippen LogP contribution in [0.1, 0.15) is 56.6 Å². The van der Waals surface area contributed by atoms with Crippen molar-refractivity contribution in [1.29, 1.82) is 0 Å². The first-order chi connectivity index (χ1) is 17.9. The summed E-state index contributed by atoms with van der Waals surface area (Å²) in [4.78, 5) is 44.3. The average molecular weight is 499 g/mol. The molecule has 1 saturated carbocycles. The third kappa shape index (κ3) is 5.48. The molecule has 190 valence electrons. The monoisotopic (exact) mass is 498 g/mol. The Hall–Kier alpha value is -4.20. The lowest BCUT2D eigenvalue weighted by molar-refractivity contribution is 0.0949. The molecule has 2 N–H and O–H groups in total. The van der Waals surface area contributed by atoms with Crippen LogP contribution in [0.4, 0.5) is 10.5 Å². The molecule has 0 bridgehead atoms. The third-order valence-corrected chi connectivity index (χ3v) is 6.95. The number of benzene rings is 2. The fourth-order valence-corrected chi connectivity index (χ4v) is 4.68. The zero-order chi connectivity index (χ0) is 25.9. The van der Waals surface area contributed by atoms with Crippen LogP contribution in [0, 0.1) is 5.92 Å². The minimum absolute atomic E-state index is 0.178. The number of nitrogens with zero attached hydrogens (tertiary/aromatic N) is 2. The van der Waals surface area contributed by atoms with Gasteiger partial charge in [-0.2, -0.15) is 0 Å². The van der Waals surface area contributed by atoms with E-state index < -0.39 is 0 Å². The number of anilines is 1. The quantitative estimate of drug-likeness (QED) is 0.515. The van der Waals surface area contributed by atoms with Crippen molar-refractivity contribution in [3.05, 3.63) is 94.3 Å². The second-order valence-corrected chi connectivity index (χ2v) is 9.64. The summed E-state index contributed by atoms with van der Waals surface area (Å²) in [6.45, 7) is 2.83. The van der Waals surface area contributed by atoms with E-state index in [-0.39, 0.29) is 36.3 Å². The minimum Gasteiger partial charge on any atom is -0.444 e. The Morgan fingerprint density at radius 2 is 1.84 bits per heavy atom. The zero-order valence-electron chi connectivity index (χ0n) is 21.0. The van der Waals surface area contributed by atoms with Gasteiger partial charge in [0.2, 0.25) is 0 Å². The van der Waals surface area contributed by atoms with E-state index in [1.165, 1.54) is 13.1 Å². The lowest BCUT2D eigenvalue weighted by Crippen LogP contribution is -2.29. The van der Waals surface area contributed by atoms with Crippen molar-refractivity contribution in [3.63, 3.8) is 0 Å². The SMILES string of the molecule is CNC(=O)c1cc(C(=O)N[C@H]2C[C@@H]2C)cc(Cc2cccc3c2CCN3C(=O)OCc2ccccc2)n1. The lowest BCUT2D eigenvalue weighted by Gasteiger charge is -2.18. The molecule has 3 amide bonds. The Bertz CT molecular complexity index is 1340. The van der Waals surface area contributed by atoms with Crippen LogP contribution >= 0.6 is 0 Å². The number of nitrogens with one attached hydrogen (secondary N) is 2. The van der Waals surface area contributed by atoms with Crippen LogP contribution in [0.3, 0.4) is 0 Å². The number of carbonyl (C=O) groups excluding carboxylic acids is 3. The normalized spacial score (nSPS) is 17.6. The Balaban J connectivity index is 1.36. The first kappa shape index (κ1) is 24.5. The number of pyridine rings is 1. The highest BCUT2D eigenvalue weighted by Gasteiger charge is 2.34. The van der Waals surface area contributed by atoms with Gasteiger partial charge in [0, 0.05) is 37.3 Å². The zero-order valence-corrected chi connectivity index (χ0v) is 21.0. The summed E-state index contributed by atoms with van der Waals surface area (Å²) in [5.74, 6) is -0.0759. The van der Waals surface area contributed by atoms with E-state index in [4.69, 9.17) is 4.74 Å². The second kappa shape index (κ2) is 10.4. The van der Waals surface area contributed by atoms with Gasteiger partial charge in [-0.1, -0.05) is 49.4 Å². The number of ether oxygens (including phenoxy) is 1. The predicted octanol–water partition coefficient (Wildman–Crippen LogP) is 3.87. The molecule has 37 heavy (non-hydrogen) atoms. The van der Waals surface area contributed by atoms with Crippen molar-refractivity contribution < 1.29 is 19.1 Å². The standard InChI is InChI=1S/C29H30N4O4/c1-18-13-24(18)32-27(34)21-15-22(31-25(16-21)28(35)30-2)14-20-9-6-10-26-23(20)11-12-33(26)29(36)37-17-19-7-4-3-5-8-19/h3-10,15-16,18,24H,11-14,17H2,1-2H3,(H,30,35)(H,32,34)/t18-,24-/m0/s1. The highest BCUT2D eigenvalue weighted by Crippen LogP contribution is 2.33. The van der Waals surface area contributed by atoms with Gasteiger partial charge in [-0.05, 0) is 53.6 Å². The van der Waals surface area contributed by atoms with E-state index >= 15 is 0 Å². The minimum atomic E-state index is -0.382. The smallest absolute Gasteiger partial charge is 0.414 e. The van der Waals surface area contributed by atoms with Gasteiger partial charge in [-0.25, -0.2) is 9.78 Å². The number of rotatable bonds is 7. The molecule has 3 aromatic rings. The Kier molecular flexibility index (Phi) is 6.90. The first-order valence-corrected chi connectivity index (χ1v) is 12.6. The maximum absolute atomic E-state index is 12.8. The van der Waals surface area contributed by atoms with Gasteiger partial charge in [0.15, 0.2) is 0 Å². The van der Waals surface area contributed by atoms with Crippen LogP contribution in [-0.2, 0) is 24.2 Å². The highest BCUT2D eigenvalue weighted by atomic mass is 16.6. The molecule has 8 nitrogen and oxygen atoms in total. The molecule has 0 unspecified atom stereocenters. The van der Waals surface area contributed by atoms with Gasteiger partial charge in [-0.3, -0.25) is 14.5 Å². The number of amides is 3. The third-order valence-electron chi connectivity index (χ3n) is 6.95. The predicted molar refractivity (Wildman–Crippen MR) is 140 cm³/mol. The van der Waals surface area contributed by atoms with Crippen LogP contribution in [0.5, 0.6) is 0 Å². The van der Waals surface area contributed by atoms with E-state index in [9.17, 15) is 14.4 Å². The maximum atomic E-state index is 12.8. The van der Waals surface area contributed by atoms with Crippen molar-refractivity contribution in [3.8, 4) is 0 Å². The van der Waals surface area contributed by atoms with Crippen molar-refractivity contribution in [2.45, 2.75) is 38.8 Å². The number of fused-ring (bicyclic) bond motifs is 1. The second-order valence-electron chi connectivity index (χ2n) is 9.64. The lowest BCUT2D eigenvalue weighted by atomic mass is 9.99. The van der Waals surface area contributed by atoms with Gasteiger partial charge >= 0.3 is 6.09 Å². The van der Waals surface area contributed by atoms with E-state index in [0.29, 0.717) is 36.6 Å². The van der Waals surface area contributed by atoms with Gasteiger partial charge in [0.25, 0.3) is 11.8 Å². The maximum Gasteiger partial charge on any atom is 0.414 e. The van der Waals surface area contributed by atoms with E-state index in [0.717, 1.165) is 28.8 Å². The first-order valence-electron chi connectivity index (χ1n) is 12.6. The molecule has 1 aromatic heterocycles. The van der Waals surface area contributed by atoms with Crippen molar-refractivity contribution in [2.24, 2.45) is 5.92 Å². The van der Waals surface area contributed by atoms with E-state index in [2.05, 4.69) is 22.5 Å². The molecule has 2 heterocycles. The molecule has 2 aromatic carbocycles. The van der Waals surface area contributed by atoms with Crippen molar-refractivity contribution in [1.82, 2.24) is 15.6 Å². The molecule has 2 atom stereocenters. The van der Waals surface area contributed by atoms with E-state index in [1.807, 2.05) is 48.5 Å². The molecule has 0 spiro atoms. The summed E-state index contributed by atoms with van der Waals surface area (Å²) < 4.78 is 5.55. The van der Waals surface area contributed by atoms with E-state index in [1.54, 1.807) is 11.0 Å². The summed E-state index contributed by atoms with van der Waals surface area (Å²) >= 11 is 0. The molecule has 5 rings (SSSR count). The average Bonchev–Trinajstić information content (AvgIpc) is 3.42. The summed E-state index contributed by atoms with van der Waals surface area (Å²) in [5.41, 5.74) is 5.03. The summed E-state index contributed by atoms with van der Waals surface area (Å²) in [6.07, 6.45) is 1.70. The van der Waals surface area contributed by atoms with Gasteiger partial charge < -0.3 is 15.4 Å². The summed E-state index contributed by atoms with van der Waals surface area (Å²) in [6, 6.07) is 18.9. The Morgan fingerprint density at radius 3 is 2.57 bits per heavy atom. The fourth-order valence-electron chi connectivity index (χ4n) is 4.68. The largest absolute Gasteiger partial charge is 0.444 e.